The number of piperidine rings is 1. The average Bonchev–Trinajstić information content (AvgIpc) is 2.50. The number of likely N-dealkylation sites (N-methyl/N-ethyl adjacent to an activating group) is 1. The zero-order valence-electron chi connectivity index (χ0n) is 13.3. The number of nitrogens with one attached hydrogen (secondary N) is 2. The van der Waals surface area contributed by atoms with Gasteiger partial charge in [-0.15, -0.1) is 0 Å². The predicted molar refractivity (Wildman–Crippen MR) is 83.4 cm³/mol. The minimum absolute atomic E-state index is 0.109. The standard InChI is InChI=1S/C15H30N4O2/c1-18-9-11-19(12-10-18)8-7-17-15(20)4-13-21-14-2-5-16-6-3-14/h14,16H,2-13H2,1H3,(H,17,20). The lowest BCUT2D eigenvalue weighted by molar-refractivity contribution is -0.122. The summed E-state index contributed by atoms with van der Waals surface area (Å²) >= 11 is 0. The van der Waals surface area contributed by atoms with Crippen molar-refractivity contribution in [2.75, 3.05) is 66.0 Å². The van der Waals surface area contributed by atoms with Gasteiger partial charge < -0.3 is 20.3 Å². The van der Waals surface area contributed by atoms with E-state index in [2.05, 4.69) is 27.5 Å². The molecule has 2 rings (SSSR count). The number of piperazine rings is 1. The van der Waals surface area contributed by atoms with Gasteiger partial charge in [-0.3, -0.25) is 9.69 Å². The molecule has 0 spiro atoms. The predicted octanol–water partition coefficient (Wildman–Crippen LogP) is -0.491. The molecule has 0 aromatic rings. The normalized spacial score (nSPS) is 22.3. The van der Waals surface area contributed by atoms with Crippen LogP contribution in [-0.2, 0) is 9.53 Å². The van der Waals surface area contributed by atoms with E-state index in [1.807, 2.05) is 0 Å². The van der Waals surface area contributed by atoms with Crippen LogP contribution in [0.2, 0.25) is 0 Å². The summed E-state index contributed by atoms with van der Waals surface area (Å²) in [7, 11) is 2.15. The van der Waals surface area contributed by atoms with Crippen LogP contribution in [0.5, 0.6) is 0 Å². The Morgan fingerprint density at radius 3 is 2.67 bits per heavy atom. The number of hydrogen-bond donors (Lipinski definition) is 2. The summed E-state index contributed by atoms with van der Waals surface area (Å²) in [6.07, 6.45) is 2.94. The lowest BCUT2D eigenvalue weighted by Crippen LogP contribution is -2.47. The molecule has 6 nitrogen and oxygen atoms in total. The average molecular weight is 298 g/mol. The van der Waals surface area contributed by atoms with Crippen molar-refractivity contribution in [2.45, 2.75) is 25.4 Å². The Morgan fingerprint density at radius 1 is 1.24 bits per heavy atom. The molecule has 0 unspecified atom stereocenters. The van der Waals surface area contributed by atoms with E-state index in [9.17, 15) is 4.79 Å². The van der Waals surface area contributed by atoms with Crippen molar-refractivity contribution in [2.24, 2.45) is 0 Å². The van der Waals surface area contributed by atoms with Crippen molar-refractivity contribution in [3.8, 4) is 0 Å². The molecular formula is C15H30N4O2. The Bertz CT molecular complexity index is 300. The Balaban J connectivity index is 1.45. The second-order valence-electron chi connectivity index (χ2n) is 6.07. The van der Waals surface area contributed by atoms with Gasteiger partial charge in [0.1, 0.15) is 0 Å². The highest BCUT2D eigenvalue weighted by Gasteiger charge is 2.15. The van der Waals surface area contributed by atoms with E-state index >= 15 is 0 Å². The van der Waals surface area contributed by atoms with E-state index in [0.29, 0.717) is 19.1 Å². The first-order chi connectivity index (χ1) is 10.2. The quantitative estimate of drug-likeness (QED) is 0.664. The number of carbonyl (C=O) groups excluding carboxylic acids is 1. The highest BCUT2D eigenvalue weighted by molar-refractivity contribution is 5.75. The number of ether oxygens (including phenoxy) is 1. The Morgan fingerprint density at radius 2 is 1.95 bits per heavy atom. The van der Waals surface area contributed by atoms with Crippen molar-refractivity contribution in [3.05, 3.63) is 0 Å². The summed E-state index contributed by atoms with van der Waals surface area (Å²) < 4.78 is 5.74. The minimum Gasteiger partial charge on any atom is -0.378 e. The molecule has 1 amide bonds. The maximum absolute atomic E-state index is 11.7. The van der Waals surface area contributed by atoms with E-state index in [-0.39, 0.29) is 5.91 Å². The van der Waals surface area contributed by atoms with Crippen LogP contribution < -0.4 is 10.6 Å². The number of hydrogen-bond acceptors (Lipinski definition) is 5. The van der Waals surface area contributed by atoms with Gasteiger partial charge in [0, 0.05) is 45.7 Å². The first-order valence-corrected chi connectivity index (χ1v) is 8.24. The van der Waals surface area contributed by atoms with Crippen LogP contribution in [0.4, 0.5) is 0 Å². The molecule has 2 heterocycles. The van der Waals surface area contributed by atoms with E-state index in [1.165, 1.54) is 0 Å². The summed E-state index contributed by atoms with van der Waals surface area (Å²) in [5.41, 5.74) is 0. The summed E-state index contributed by atoms with van der Waals surface area (Å²) in [4.78, 5) is 16.5. The maximum Gasteiger partial charge on any atom is 0.222 e. The lowest BCUT2D eigenvalue weighted by atomic mass is 10.1. The van der Waals surface area contributed by atoms with Crippen LogP contribution in [0.3, 0.4) is 0 Å². The molecule has 0 aliphatic carbocycles. The van der Waals surface area contributed by atoms with Gasteiger partial charge in [0.2, 0.25) is 5.91 Å². The van der Waals surface area contributed by atoms with E-state index in [4.69, 9.17) is 4.74 Å². The zero-order chi connectivity index (χ0) is 14.9. The summed E-state index contributed by atoms with van der Waals surface area (Å²) in [6.45, 7) is 8.76. The third kappa shape index (κ3) is 6.74. The van der Waals surface area contributed by atoms with Crippen molar-refractivity contribution in [1.29, 1.82) is 0 Å². The number of amides is 1. The first-order valence-electron chi connectivity index (χ1n) is 8.24. The molecule has 2 fully saturated rings. The van der Waals surface area contributed by atoms with Gasteiger partial charge in [-0.05, 0) is 33.0 Å². The molecule has 2 saturated heterocycles. The second-order valence-corrected chi connectivity index (χ2v) is 6.07. The van der Waals surface area contributed by atoms with E-state index in [0.717, 1.165) is 65.2 Å². The fraction of sp³-hybridized carbons (Fsp3) is 0.933. The van der Waals surface area contributed by atoms with Gasteiger partial charge in [-0.25, -0.2) is 0 Å². The van der Waals surface area contributed by atoms with Crippen molar-refractivity contribution in [3.63, 3.8) is 0 Å². The fourth-order valence-electron chi connectivity index (χ4n) is 2.79. The monoisotopic (exact) mass is 298 g/mol. The Hall–Kier alpha value is -0.690. The van der Waals surface area contributed by atoms with E-state index in [1.54, 1.807) is 0 Å². The SMILES string of the molecule is CN1CCN(CCNC(=O)CCOC2CCNCC2)CC1. The molecule has 0 saturated carbocycles. The Kier molecular flexibility index (Phi) is 7.43. The molecule has 2 aliphatic heterocycles. The lowest BCUT2D eigenvalue weighted by Gasteiger charge is -2.32. The largest absolute Gasteiger partial charge is 0.378 e. The number of nitrogens with zero attached hydrogens (tertiary/aromatic N) is 2. The van der Waals surface area contributed by atoms with Gasteiger partial charge in [0.25, 0.3) is 0 Å². The van der Waals surface area contributed by atoms with Gasteiger partial charge in [0.05, 0.1) is 12.7 Å². The molecular weight excluding hydrogens is 268 g/mol. The van der Waals surface area contributed by atoms with Crippen molar-refractivity contribution >= 4 is 5.91 Å². The molecule has 2 N–H and O–H groups in total. The molecule has 122 valence electrons. The molecule has 6 heteroatoms. The van der Waals surface area contributed by atoms with Crippen molar-refractivity contribution < 1.29 is 9.53 Å². The van der Waals surface area contributed by atoms with Crippen molar-refractivity contribution in [1.82, 2.24) is 20.4 Å². The minimum atomic E-state index is 0.109. The van der Waals surface area contributed by atoms with Crippen LogP contribution in [-0.4, -0.2) is 87.8 Å². The highest BCUT2D eigenvalue weighted by atomic mass is 16.5. The molecule has 0 aromatic carbocycles. The summed E-state index contributed by atoms with van der Waals surface area (Å²) in [5.74, 6) is 0.109. The smallest absolute Gasteiger partial charge is 0.222 e. The number of carbonyl (C=O) groups is 1. The van der Waals surface area contributed by atoms with Crippen LogP contribution in [0.1, 0.15) is 19.3 Å². The molecule has 0 bridgehead atoms. The highest BCUT2D eigenvalue weighted by Crippen LogP contribution is 2.07. The Labute approximate surface area is 128 Å². The molecule has 0 radical (unpaired) electrons. The molecule has 21 heavy (non-hydrogen) atoms. The maximum atomic E-state index is 11.7. The van der Waals surface area contributed by atoms with Gasteiger partial charge in [-0.1, -0.05) is 0 Å². The van der Waals surface area contributed by atoms with Crippen LogP contribution in [0, 0.1) is 0 Å². The third-order valence-corrected chi connectivity index (χ3v) is 4.31. The van der Waals surface area contributed by atoms with Gasteiger partial charge in [0.15, 0.2) is 0 Å². The van der Waals surface area contributed by atoms with Crippen LogP contribution >= 0.6 is 0 Å². The van der Waals surface area contributed by atoms with Crippen LogP contribution in [0.15, 0.2) is 0 Å². The zero-order valence-corrected chi connectivity index (χ0v) is 13.3. The number of rotatable bonds is 7. The van der Waals surface area contributed by atoms with Gasteiger partial charge >= 0.3 is 0 Å². The molecule has 0 aromatic heterocycles. The fourth-order valence-corrected chi connectivity index (χ4v) is 2.79. The second kappa shape index (κ2) is 9.35. The van der Waals surface area contributed by atoms with Crippen LogP contribution in [0.25, 0.3) is 0 Å². The third-order valence-electron chi connectivity index (χ3n) is 4.31. The molecule has 0 atom stereocenters. The summed E-state index contributed by atoms with van der Waals surface area (Å²) in [6, 6.07) is 0. The first kappa shape index (κ1) is 16.7. The topological polar surface area (TPSA) is 56.8 Å². The van der Waals surface area contributed by atoms with Gasteiger partial charge in [-0.2, -0.15) is 0 Å². The molecule has 2 aliphatic rings. The summed E-state index contributed by atoms with van der Waals surface area (Å²) in [5, 5.41) is 6.30. The van der Waals surface area contributed by atoms with E-state index < -0.39 is 0 Å².